The van der Waals surface area contributed by atoms with Gasteiger partial charge in [-0.15, -0.1) is 0 Å². The van der Waals surface area contributed by atoms with Crippen molar-refractivity contribution < 1.29 is 9.13 Å². The SMILES string of the molecule is COC1CCCC1n1c(=S)[nH]c2cc(Br)c(F)cc21. The molecule has 3 rings (SSSR count). The van der Waals surface area contributed by atoms with E-state index in [0.717, 1.165) is 30.3 Å². The Morgan fingerprint density at radius 2 is 2.26 bits per heavy atom. The molecule has 6 heteroatoms. The third-order valence-corrected chi connectivity index (χ3v) is 4.72. The van der Waals surface area contributed by atoms with Crippen LogP contribution < -0.4 is 0 Å². The highest BCUT2D eigenvalue weighted by Gasteiger charge is 2.30. The minimum Gasteiger partial charge on any atom is -0.379 e. The van der Waals surface area contributed by atoms with E-state index in [0.29, 0.717) is 9.24 Å². The van der Waals surface area contributed by atoms with Crippen LogP contribution in [0.15, 0.2) is 16.6 Å². The molecule has 1 aliphatic rings. The van der Waals surface area contributed by atoms with E-state index in [2.05, 4.69) is 20.9 Å². The fraction of sp³-hybridized carbons (Fsp3) is 0.462. The molecule has 1 heterocycles. The first-order valence-corrected chi connectivity index (χ1v) is 7.44. The number of hydrogen-bond donors (Lipinski definition) is 1. The highest BCUT2D eigenvalue weighted by molar-refractivity contribution is 9.10. The summed E-state index contributed by atoms with van der Waals surface area (Å²) in [5.41, 5.74) is 1.65. The fourth-order valence-corrected chi connectivity index (χ4v) is 3.61. The number of fused-ring (bicyclic) bond motifs is 1. The van der Waals surface area contributed by atoms with Crippen LogP contribution in [0.2, 0.25) is 0 Å². The average Bonchev–Trinajstić information content (AvgIpc) is 2.93. The maximum atomic E-state index is 13.8. The van der Waals surface area contributed by atoms with Crippen LogP contribution in [0.3, 0.4) is 0 Å². The second-order valence-electron chi connectivity index (χ2n) is 4.86. The number of rotatable bonds is 2. The van der Waals surface area contributed by atoms with E-state index in [9.17, 15) is 4.39 Å². The predicted octanol–water partition coefficient (Wildman–Crippen LogP) is 4.34. The Labute approximate surface area is 123 Å². The van der Waals surface area contributed by atoms with Crippen LogP contribution in [-0.2, 0) is 4.74 Å². The molecular weight excluding hydrogens is 331 g/mol. The minimum absolute atomic E-state index is 0.150. The van der Waals surface area contributed by atoms with Crippen molar-refractivity contribution in [1.29, 1.82) is 0 Å². The zero-order valence-electron chi connectivity index (χ0n) is 10.5. The third kappa shape index (κ3) is 2.15. The number of aromatic amines is 1. The topological polar surface area (TPSA) is 29.9 Å². The molecule has 1 aromatic carbocycles. The van der Waals surface area contributed by atoms with Crippen molar-refractivity contribution in [3.05, 3.63) is 27.2 Å². The van der Waals surface area contributed by atoms with Crippen molar-refractivity contribution in [3.8, 4) is 0 Å². The molecular formula is C13H14BrFN2OS. The van der Waals surface area contributed by atoms with Gasteiger partial charge in [-0.2, -0.15) is 0 Å². The molecule has 3 nitrogen and oxygen atoms in total. The summed E-state index contributed by atoms with van der Waals surface area (Å²) in [6.45, 7) is 0. The van der Waals surface area contributed by atoms with Crippen molar-refractivity contribution in [1.82, 2.24) is 9.55 Å². The first kappa shape index (κ1) is 13.3. The fourth-order valence-electron chi connectivity index (χ4n) is 2.93. The van der Waals surface area contributed by atoms with Crippen LogP contribution in [0.1, 0.15) is 25.3 Å². The van der Waals surface area contributed by atoms with Gasteiger partial charge in [0, 0.05) is 13.2 Å². The lowest BCUT2D eigenvalue weighted by Gasteiger charge is -2.20. The van der Waals surface area contributed by atoms with Gasteiger partial charge in [0.05, 0.1) is 27.7 Å². The van der Waals surface area contributed by atoms with Gasteiger partial charge in [0.25, 0.3) is 0 Å². The van der Waals surface area contributed by atoms with Crippen molar-refractivity contribution >= 4 is 39.2 Å². The zero-order chi connectivity index (χ0) is 13.6. The summed E-state index contributed by atoms with van der Waals surface area (Å²) in [4.78, 5) is 3.14. The van der Waals surface area contributed by atoms with Crippen molar-refractivity contribution in [2.45, 2.75) is 31.4 Å². The van der Waals surface area contributed by atoms with Crippen LogP contribution in [0.5, 0.6) is 0 Å². The number of aromatic nitrogens is 2. The Morgan fingerprint density at radius 3 is 3.00 bits per heavy atom. The van der Waals surface area contributed by atoms with E-state index < -0.39 is 0 Å². The van der Waals surface area contributed by atoms with E-state index >= 15 is 0 Å². The Hall–Kier alpha value is -0.720. The molecule has 0 spiro atoms. The summed E-state index contributed by atoms with van der Waals surface area (Å²) < 4.78 is 22.4. The van der Waals surface area contributed by atoms with Crippen LogP contribution in [0.25, 0.3) is 11.0 Å². The molecule has 0 saturated heterocycles. The van der Waals surface area contributed by atoms with Gasteiger partial charge in [-0.25, -0.2) is 4.39 Å². The number of imidazole rings is 1. The van der Waals surface area contributed by atoms with Crippen LogP contribution >= 0.6 is 28.1 Å². The number of nitrogens with one attached hydrogen (secondary N) is 1. The standard InChI is InChI=1S/C13H14BrFN2OS/c1-18-12-4-2-3-10(12)17-11-6-8(15)7(14)5-9(11)16-13(17)19/h5-6,10,12H,2-4H2,1H3,(H,16,19). The number of H-pyrrole nitrogens is 1. The number of nitrogens with zero attached hydrogens (tertiary/aromatic N) is 1. The van der Waals surface area contributed by atoms with Gasteiger partial charge in [-0.1, -0.05) is 0 Å². The largest absolute Gasteiger partial charge is 0.379 e. The maximum absolute atomic E-state index is 13.8. The first-order valence-electron chi connectivity index (χ1n) is 6.24. The number of ether oxygens (including phenoxy) is 1. The van der Waals surface area contributed by atoms with E-state index in [4.69, 9.17) is 17.0 Å². The van der Waals surface area contributed by atoms with Gasteiger partial charge in [0.2, 0.25) is 0 Å². The maximum Gasteiger partial charge on any atom is 0.178 e. The molecule has 1 saturated carbocycles. The van der Waals surface area contributed by atoms with Gasteiger partial charge in [-0.05, 0) is 53.5 Å². The van der Waals surface area contributed by atoms with Gasteiger partial charge >= 0.3 is 0 Å². The monoisotopic (exact) mass is 344 g/mol. The summed E-state index contributed by atoms with van der Waals surface area (Å²) in [6, 6.07) is 3.44. The molecule has 2 unspecified atom stereocenters. The highest BCUT2D eigenvalue weighted by Crippen LogP contribution is 2.35. The van der Waals surface area contributed by atoms with E-state index in [1.54, 1.807) is 13.2 Å². The van der Waals surface area contributed by atoms with E-state index in [1.807, 2.05) is 4.57 Å². The smallest absolute Gasteiger partial charge is 0.178 e. The molecule has 1 fully saturated rings. The Balaban J connectivity index is 2.20. The van der Waals surface area contributed by atoms with Gasteiger partial charge in [0.15, 0.2) is 4.77 Å². The van der Waals surface area contributed by atoms with Crippen LogP contribution in [-0.4, -0.2) is 22.8 Å². The van der Waals surface area contributed by atoms with Crippen LogP contribution in [0.4, 0.5) is 4.39 Å². The summed E-state index contributed by atoms with van der Waals surface area (Å²) in [5, 5.41) is 0. The second-order valence-corrected chi connectivity index (χ2v) is 6.10. The molecule has 1 aromatic heterocycles. The van der Waals surface area contributed by atoms with Gasteiger partial charge in [0.1, 0.15) is 5.82 Å². The Morgan fingerprint density at radius 1 is 1.47 bits per heavy atom. The first-order chi connectivity index (χ1) is 9.11. The van der Waals surface area contributed by atoms with Crippen molar-refractivity contribution in [2.24, 2.45) is 0 Å². The highest BCUT2D eigenvalue weighted by atomic mass is 79.9. The number of methoxy groups -OCH3 is 1. The van der Waals surface area contributed by atoms with Gasteiger partial charge in [-0.3, -0.25) is 0 Å². The molecule has 2 aromatic rings. The van der Waals surface area contributed by atoms with Gasteiger partial charge < -0.3 is 14.3 Å². The van der Waals surface area contributed by atoms with E-state index in [-0.39, 0.29) is 18.0 Å². The number of benzene rings is 1. The number of halogens is 2. The molecule has 0 bridgehead atoms. The second kappa shape index (κ2) is 5.00. The van der Waals surface area contributed by atoms with Crippen molar-refractivity contribution in [3.63, 3.8) is 0 Å². The lowest BCUT2D eigenvalue weighted by atomic mass is 10.2. The molecule has 0 amide bonds. The molecule has 0 radical (unpaired) electrons. The molecule has 102 valence electrons. The summed E-state index contributed by atoms with van der Waals surface area (Å²) >= 11 is 8.59. The molecule has 1 aliphatic carbocycles. The molecule has 19 heavy (non-hydrogen) atoms. The molecule has 2 atom stereocenters. The average molecular weight is 345 g/mol. The minimum atomic E-state index is -0.276. The zero-order valence-corrected chi connectivity index (χ0v) is 12.9. The molecule has 0 aliphatic heterocycles. The lowest BCUT2D eigenvalue weighted by molar-refractivity contribution is 0.0757. The normalized spacial score (nSPS) is 23.3. The Kier molecular flexibility index (Phi) is 3.49. The summed E-state index contributed by atoms with van der Waals surface area (Å²) in [7, 11) is 1.72. The van der Waals surface area contributed by atoms with Crippen LogP contribution in [0, 0.1) is 10.6 Å². The predicted molar refractivity (Wildman–Crippen MR) is 78.5 cm³/mol. The lowest BCUT2D eigenvalue weighted by Crippen LogP contribution is -2.20. The van der Waals surface area contributed by atoms with E-state index in [1.165, 1.54) is 6.07 Å². The summed E-state index contributed by atoms with van der Waals surface area (Å²) in [6.07, 6.45) is 3.29. The van der Waals surface area contributed by atoms with Crippen molar-refractivity contribution in [2.75, 3.05) is 7.11 Å². The Bertz CT molecular complexity index is 681. The number of hydrogen-bond acceptors (Lipinski definition) is 2. The third-order valence-electron chi connectivity index (χ3n) is 3.81. The molecule has 1 N–H and O–H groups in total. The summed E-state index contributed by atoms with van der Waals surface area (Å²) in [5.74, 6) is -0.276. The quantitative estimate of drug-likeness (QED) is 0.821.